The Morgan fingerprint density at radius 1 is 1.04 bits per heavy atom. The lowest BCUT2D eigenvalue weighted by Crippen LogP contribution is -2.49. The minimum Gasteiger partial charge on any atom is -0.381 e. The van der Waals surface area contributed by atoms with Crippen LogP contribution in [0.3, 0.4) is 0 Å². The zero-order valence-electron chi connectivity index (χ0n) is 15.5. The summed E-state index contributed by atoms with van der Waals surface area (Å²) in [5, 5.41) is 0. The largest absolute Gasteiger partial charge is 0.381 e. The summed E-state index contributed by atoms with van der Waals surface area (Å²) in [4.78, 5) is 29.0. The summed E-state index contributed by atoms with van der Waals surface area (Å²) in [6.45, 7) is 8.44. The van der Waals surface area contributed by atoms with E-state index >= 15 is 0 Å². The fourth-order valence-corrected chi connectivity index (χ4v) is 4.21. The van der Waals surface area contributed by atoms with E-state index in [-0.39, 0.29) is 23.9 Å². The number of likely N-dealkylation sites (tertiary alicyclic amines) is 1. The molecule has 1 atom stereocenters. The van der Waals surface area contributed by atoms with Gasteiger partial charge in [-0.25, -0.2) is 0 Å². The molecule has 0 N–H and O–H groups in total. The van der Waals surface area contributed by atoms with Crippen LogP contribution in [0.5, 0.6) is 0 Å². The minimum atomic E-state index is 0.0739. The van der Waals surface area contributed by atoms with Crippen molar-refractivity contribution in [1.29, 1.82) is 0 Å². The van der Waals surface area contributed by atoms with Gasteiger partial charge < -0.3 is 14.5 Å². The molecule has 25 heavy (non-hydrogen) atoms. The van der Waals surface area contributed by atoms with E-state index in [1.807, 2.05) is 35.8 Å². The van der Waals surface area contributed by atoms with Gasteiger partial charge in [0.25, 0.3) is 5.91 Å². The van der Waals surface area contributed by atoms with Gasteiger partial charge in [0.05, 0.1) is 6.04 Å². The van der Waals surface area contributed by atoms with Gasteiger partial charge in [-0.15, -0.1) is 0 Å². The second kappa shape index (κ2) is 7.56. The maximum Gasteiger partial charge on any atom is 0.253 e. The van der Waals surface area contributed by atoms with Gasteiger partial charge in [-0.1, -0.05) is 17.2 Å². The Kier molecular flexibility index (Phi) is 5.42. The Labute approximate surface area is 149 Å². The van der Waals surface area contributed by atoms with Crippen molar-refractivity contribution < 1.29 is 14.3 Å². The lowest BCUT2D eigenvalue weighted by atomic mass is 10.0. The molecule has 0 aliphatic carbocycles. The number of amides is 2. The molecule has 1 aromatic rings. The van der Waals surface area contributed by atoms with E-state index in [1.54, 1.807) is 6.92 Å². The first-order valence-electron chi connectivity index (χ1n) is 9.20. The van der Waals surface area contributed by atoms with Crippen molar-refractivity contribution >= 4 is 11.8 Å². The molecule has 0 radical (unpaired) electrons. The van der Waals surface area contributed by atoms with Crippen LogP contribution < -0.4 is 0 Å². The van der Waals surface area contributed by atoms with Crippen molar-refractivity contribution in [2.45, 2.75) is 52.1 Å². The maximum absolute atomic E-state index is 12.9. The number of nitrogens with zero attached hydrogens (tertiary/aromatic N) is 2. The minimum absolute atomic E-state index is 0.0739. The van der Waals surface area contributed by atoms with Crippen molar-refractivity contribution in [3.8, 4) is 0 Å². The summed E-state index contributed by atoms with van der Waals surface area (Å²) >= 11 is 0. The van der Waals surface area contributed by atoms with E-state index in [9.17, 15) is 9.59 Å². The van der Waals surface area contributed by atoms with Crippen molar-refractivity contribution in [1.82, 2.24) is 9.80 Å². The Bertz CT molecular complexity index is 632. The van der Waals surface area contributed by atoms with Gasteiger partial charge in [0, 0.05) is 44.8 Å². The van der Waals surface area contributed by atoms with Gasteiger partial charge in [-0.3, -0.25) is 9.59 Å². The van der Waals surface area contributed by atoms with Crippen molar-refractivity contribution in [2.24, 2.45) is 0 Å². The van der Waals surface area contributed by atoms with Gasteiger partial charge in [0.1, 0.15) is 0 Å². The molecule has 0 spiro atoms. The van der Waals surface area contributed by atoms with Crippen LogP contribution in [0.1, 0.15) is 47.7 Å². The molecule has 2 aliphatic rings. The van der Waals surface area contributed by atoms with E-state index < -0.39 is 0 Å². The second-order valence-corrected chi connectivity index (χ2v) is 7.34. The Hall–Kier alpha value is -1.88. The topological polar surface area (TPSA) is 49.9 Å². The van der Waals surface area contributed by atoms with E-state index in [0.29, 0.717) is 26.3 Å². The summed E-state index contributed by atoms with van der Waals surface area (Å²) < 4.78 is 5.43. The molecule has 3 rings (SSSR count). The fourth-order valence-electron chi connectivity index (χ4n) is 4.21. The van der Waals surface area contributed by atoms with Gasteiger partial charge in [-0.2, -0.15) is 0 Å². The molecule has 1 aromatic carbocycles. The third kappa shape index (κ3) is 4.03. The van der Waals surface area contributed by atoms with Gasteiger partial charge in [0.15, 0.2) is 0 Å². The number of hydrogen-bond donors (Lipinski definition) is 0. The number of aryl methyl sites for hydroxylation is 2. The third-order valence-corrected chi connectivity index (χ3v) is 5.26. The Balaban J connectivity index is 1.71. The van der Waals surface area contributed by atoms with Crippen LogP contribution in [0.15, 0.2) is 18.2 Å². The molecule has 2 aliphatic heterocycles. The van der Waals surface area contributed by atoms with Crippen molar-refractivity contribution in [3.05, 3.63) is 34.9 Å². The normalized spacial score (nSPS) is 21.4. The van der Waals surface area contributed by atoms with E-state index in [1.165, 1.54) is 0 Å². The maximum atomic E-state index is 12.9. The molecule has 2 heterocycles. The molecule has 2 saturated heterocycles. The van der Waals surface area contributed by atoms with Crippen LogP contribution >= 0.6 is 0 Å². The standard InChI is InChI=1S/C20H28N2O3/c1-14-10-15(2)12-17(11-14)20(24)21-7-4-19(13-21)22(16(3)23)18-5-8-25-9-6-18/h10-12,18-19H,4-9,13H2,1-3H3. The third-order valence-electron chi connectivity index (χ3n) is 5.26. The predicted octanol–water partition coefficient (Wildman–Crippen LogP) is 2.55. The van der Waals surface area contributed by atoms with Gasteiger partial charge >= 0.3 is 0 Å². The first kappa shape index (κ1) is 17.9. The van der Waals surface area contributed by atoms with E-state index in [4.69, 9.17) is 4.74 Å². The molecule has 0 saturated carbocycles. The Morgan fingerprint density at radius 3 is 2.28 bits per heavy atom. The predicted molar refractivity (Wildman–Crippen MR) is 96.6 cm³/mol. The van der Waals surface area contributed by atoms with Crippen LogP contribution in [-0.2, 0) is 9.53 Å². The Morgan fingerprint density at radius 2 is 1.68 bits per heavy atom. The summed E-state index contributed by atoms with van der Waals surface area (Å²) in [6.07, 6.45) is 2.63. The van der Waals surface area contributed by atoms with Crippen molar-refractivity contribution in [3.63, 3.8) is 0 Å². The highest BCUT2D eigenvalue weighted by atomic mass is 16.5. The molecule has 1 unspecified atom stereocenters. The van der Waals surface area contributed by atoms with Crippen LogP contribution in [0.2, 0.25) is 0 Å². The zero-order valence-corrected chi connectivity index (χ0v) is 15.5. The smallest absolute Gasteiger partial charge is 0.253 e. The SMILES string of the molecule is CC(=O)N(C1CCOCC1)C1CCN(C(=O)c2cc(C)cc(C)c2)C1. The number of hydrogen-bond acceptors (Lipinski definition) is 3. The molecule has 0 bridgehead atoms. The molecule has 5 nitrogen and oxygen atoms in total. The molecule has 2 fully saturated rings. The van der Waals surface area contributed by atoms with Crippen LogP contribution in [0.25, 0.3) is 0 Å². The van der Waals surface area contributed by atoms with E-state index in [0.717, 1.165) is 36.0 Å². The summed E-state index contributed by atoms with van der Waals surface area (Å²) in [7, 11) is 0. The number of rotatable bonds is 3. The first-order chi connectivity index (χ1) is 12.0. The highest BCUT2D eigenvalue weighted by molar-refractivity contribution is 5.95. The zero-order chi connectivity index (χ0) is 18.0. The monoisotopic (exact) mass is 344 g/mol. The lowest BCUT2D eigenvalue weighted by molar-refractivity contribution is -0.135. The summed E-state index contributed by atoms with van der Waals surface area (Å²) in [5.41, 5.74) is 2.96. The highest BCUT2D eigenvalue weighted by Crippen LogP contribution is 2.25. The molecule has 136 valence electrons. The van der Waals surface area contributed by atoms with Crippen LogP contribution in [0.4, 0.5) is 0 Å². The average Bonchev–Trinajstić information content (AvgIpc) is 3.03. The molecular weight excluding hydrogens is 316 g/mol. The van der Waals surface area contributed by atoms with Crippen LogP contribution in [0, 0.1) is 13.8 Å². The number of benzene rings is 1. The summed E-state index contributed by atoms with van der Waals surface area (Å²) in [6, 6.07) is 6.34. The number of ether oxygens (including phenoxy) is 1. The average molecular weight is 344 g/mol. The molecule has 5 heteroatoms. The molecule has 2 amide bonds. The highest BCUT2D eigenvalue weighted by Gasteiger charge is 2.36. The summed E-state index contributed by atoms with van der Waals surface area (Å²) in [5.74, 6) is 0.183. The van der Waals surface area contributed by atoms with Gasteiger partial charge in [0.2, 0.25) is 5.91 Å². The lowest BCUT2D eigenvalue weighted by Gasteiger charge is -2.37. The first-order valence-corrected chi connectivity index (χ1v) is 9.20. The molecule has 0 aromatic heterocycles. The second-order valence-electron chi connectivity index (χ2n) is 7.34. The quantitative estimate of drug-likeness (QED) is 0.847. The van der Waals surface area contributed by atoms with Gasteiger partial charge in [-0.05, 0) is 45.2 Å². The molecular formula is C20H28N2O3. The van der Waals surface area contributed by atoms with E-state index in [2.05, 4.69) is 6.07 Å². The fraction of sp³-hybridized carbons (Fsp3) is 0.600. The number of carbonyl (C=O) groups is 2. The number of carbonyl (C=O) groups excluding carboxylic acids is 2. The van der Waals surface area contributed by atoms with Crippen LogP contribution in [-0.4, -0.2) is 60.0 Å². The van der Waals surface area contributed by atoms with Crippen molar-refractivity contribution in [2.75, 3.05) is 26.3 Å².